The first kappa shape index (κ1) is 26.7. The number of hydrogen-bond acceptors (Lipinski definition) is 4. The van der Waals surface area contributed by atoms with Gasteiger partial charge in [0.1, 0.15) is 11.6 Å². The van der Waals surface area contributed by atoms with E-state index in [1.165, 1.54) is 5.57 Å². The van der Waals surface area contributed by atoms with Gasteiger partial charge in [0.05, 0.1) is 17.4 Å². The van der Waals surface area contributed by atoms with Crippen LogP contribution in [0.15, 0.2) is 28.3 Å². The van der Waals surface area contributed by atoms with E-state index in [0.29, 0.717) is 0 Å². The molecule has 3 saturated carbocycles. The van der Waals surface area contributed by atoms with Crippen LogP contribution in [0.1, 0.15) is 93.4 Å². The highest BCUT2D eigenvalue weighted by atomic mass is 31.2. The van der Waals surface area contributed by atoms with Crippen LogP contribution in [0.4, 0.5) is 0 Å². The fraction of sp³-hybridized carbons (Fsp3) is 0.774. The molecule has 0 radical (unpaired) electrons. The summed E-state index contributed by atoms with van der Waals surface area (Å²) in [7, 11) is -4.20. The lowest BCUT2D eigenvalue weighted by atomic mass is 9.34. The van der Waals surface area contributed by atoms with Gasteiger partial charge in [0.2, 0.25) is 0 Å². The predicted octanol–water partition coefficient (Wildman–Crippen LogP) is 6.39. The van der Waals surface area contributed by atoms with Crippen LogP contribution in [-0.4, -0.2) is 33.0 Å². The van der Waals surface area contributed by atoms with E-state index in [2.05, 4.69) is 46.8 Å². The summed E-state index contributed by atoms with van der Waals surface area (Å²) in [4.78, 5) is 39.0. The fourth-order valence-electron chi connectivity index (χ4n) is 10.9. The van der Waals surface area contributed by atoms with Crippen molar-refractivity contribution in [3.63, 3.8) is 0 Å². The number of allylic oxidation sites excluding steroid dienone is 3. The summed E-state index contributed by atoms with van der Waals surface area (Å²) in [6.07, 6.45) is 10.5. The highest BCUT2D eigenvalue weighted by Crippen LogP contribution is 2.80. The van der Waals surface area contributed by atoms with Crippen molar-refractivity contribution < 1.29 is 19.1 Å². The number of nitriles is 1. The first-order chi connectivity index (χ1) is 17.3. The highest BCUT2D eigenvalue weighted by Gasteiger charge is 2.79. The van der Waals surface area contributed by atoms with Crippen molar-refractivity contribution >= 4 is 19.1 Å². The van der Waals surface area contributed by atoms with E-state index < -0.39 is 23.8 Å². The van der Waals surface area contributed by atoms with Crippen molar-refractivity contribution in [2.24, 2.45) is 49.3 Å². The maximum absolute atomic E-state index is 13.2. The van der Waals surface area contributed by atoms with Gasteiger partial charge in [-0.05, 0) is 79.1 Å². The summed E-state index contributed by atoms with van der Waals surface area (Å²) in [6, 6.07) is 2.21. The maximum atomic E-state index is 13.2. The number of hydrogen-bond donors (Lipinski definition) is 2. The van der Waals surface area contributed by atoms with E-state index in [9.17, 15) is 24.4 Å². The van der Waals surface area contributed by atoms with Crippen molar-refractivity contribution in [1.29, 1.82) is 5.26 Å². The molecule has 7 heteroatoms. The summed E-state index contributed by atoms with van der Waals surface area (Å²) in [5, 5.41) is 9.91. The van der Waals surface area contributed by atoms with Crippen molar-refractivity contribution in [2.75, 3.05) is 6.16 Å². The Balaban J connectivity index is 1.53. The lowest BCUT2D eigenvalue weighted by Crippen LogP contribution is -2.68. The monoisotopic (exact) mass is 538 g/mol. The van der Waals surface area contributed by atoms with Gasteiger partial charge in [-0.3, -0.25) is 14.4 Å². The zero-order valence-corrected chi connectivity index (χ0v) is 24.9. The lowest BCUT2D eigenvalue weighted by Gasteiger charge is -2.69. The molecule has 0 bridgehead atoms. The molecular weight excluding hydrogens is 495 g/mol. The summed E-state index contributed by atoms with van der Waals surface area (Å²) in [5.41, 5.74) is 0.592. The van der Waals surface area contributed by atoms with E-state index in [0.717, 1.165) is 50.7 Å². The Bertz CT molecular complexity index is 1350. The van der Waals surface area contributed by atoms with Crippen LogP contribution in [0.3, 0.4) is 0 Å². The zero-order chi connectivity index (χ0) is 27.9. The van der Waals surface area contributed by atoms with Crippen LogP contribution in [0.2, 0.25) is 0 Å². The van der Waals surface area contributed by atoms with Crippen molar-refractivity contribution in [1.82, 2.24) is 0 Å². The molecule has 1 heterocycles. The standard InChI is InChI=1S/C31H43N2O4P/c1-25(2)10-12-30(18-38(35,36)37)13-11-29(7)28(6)9-8-20-26(3,4)24(34)19(17-32)15-27(20,5)21(28)14-23-31(29,33-23)22(30)16-25/h14-15,20,22H,8-13,16,18H2,1-7H3,(H2,35,36,37)/t20-,22+,27-,28+,29-,30+,31+/m0/s1. The Morgan fingerprint density at radius 3 is 2.32 bits per heavy atom. The molecule has 0 saturated heterocycles. The number of carbonyl (C=O) groups excluding carboxylic acids is 1. The summed E-state index contributed by atoms with van der Waals surface area (Å²) < 4.78 is 12.5. The number of ketones is 1. The smallest absolute Gasteiger partial charge is 0.324 e. The van der Waals surface area contributed by atoms with Crippen LogP contribution < -0.4 is 0 Å². The molecule has 5 aliphatic carbocycles. The average Bonchev–Trinajstić information content (AvgIpc) is 3.52. The second kappa shape index (κ2) is 7.20. The van der Waals surface area contributed by atoms with Crippen LogP contribution in [-0.2, 0) is 9.36 Å². The Kier molecular flexibility index (Phi) is 5.06. The van der Waals surface area contributed by atoms with Crippen LogP contribution >= 0.6 is 7.60 Å². The molecule has 0 aromatic rings. The van der Waals surface area contributed by atoms with E-state index in [-0.39, 0.29) is 51.1 Å². The molecule has 6 rings (SSSR count). The molecule has 206 valence electrons. The first-order valence-corrected chi connectivity index (χ1v) is 16.2. The topological polar surface area (TPSA) is 111 Å². The molecule has 1 spiro atoms. The molecule has 3 fully saturated rings. The third kappa shape index (κ3) is 3.00. The molecule has 1 aliphatic heterocycles. The van der Waals surface area contributed by atoms with Crippen molar-refractivity contribution in [3.05, 3.63) is 23.3 Å². The predicted molar refractivity (Wildman–Crippen MR) is 147 cm³/mol. The Morgan fingerprint density at radius 1 is 1.03 bits per heavy atom. The minimum Gasteiger partial charge on any atom is -0.324 e. The second-order valence-corrected chi connectivity index (χ2v) is 17.3. The van der Waals surface area contributed by atoms with Gasteiger partial charge in [-0.1, -0.05) is 60.1 Å². The van der Waals surface area contributed by atoms with E-state index in [4.69, 9.17) is 4.99 Å². The number of aliphatic imine (C=N–C) groups is 1. The molecule has 2 N–H and O–H groups in total. The van der Waals surface area contributed by atoms with Crippen molar-refractivity contribution in [2.45, 2.75) is 99.0 Å². The molecule has 0 unspecified atom stereocenters. The van der Waals surface area contributed by atoms with E-state index >= 15 is 0 Å². The summed E-state index contributed by atoms with van der Waals surface area (Å²) >= 11 is 0. The minimum absolute atomic E-state index is 0.0426. The van der Waals surface area contributed by atoms with Gasteiger partial charge in [0.25, 0.3) is 0 Å². The van der Waals surface area contributed by atoms with Gasteiger partial charge in [0, 0.05) is 16.2 Å². The fourth-order valence-corrected chi connectivity index (χ4v) is 12.2. The largest absolute Gasteiger partial charge is 0.326 e. The minimum atomic E-state index is -4.20. The van der Waals surface area contributed by atoms with E-state index in [1.54, 1.807) is 0 Å². The molecule has 38 heavy (non-hydrogen) atoms. The van der Waals surface area contributed by atoms with Gasteiger partial charge in [-0.2, -0.15) is 5.26 Å². The normalized spacial score (nSPS) is 48.0. The summed E-state index contributed by atoms with van der Waals surface area (Å²) in [6.45, 7) is 15.6. The molecule has 6 nitrogen and oxygen atoms in total. The Labute approximate surface area is 227 Å². The number of carbonyl (C=O) groups is 1. The third-order valence-electron chi connectivity index (χ3n) is 13.0. The van der Waals surface area contributed by atoms with Gasteiger partial charge < -0.3 is 9.79 Å². The number of fused-ring (bicyclic) bond motifs is 5. The van der Waals surface area contributed by atoms with Crippen LogP contribution in [0.25, 0.3) is 0 Å². The lowest BCUT2D eigenvalue weighted by molar-refractivity contribution is -0.139. The van der Waals surface area contributed by atoms with Gasteiger partial charge in [-0.25, -0.2) is 0 Å². The average molecular weight is 539 g/mol. The zero-order valence-electron chi connectivity index (χ0n) is 24.0. The quantitative estimate of drug-likeness (QED) is 0.396. The third-order valence-corrected chi connectivity index (χ3v) is 14.1. The molecule has 0 aromatic carbocycles. The maximum Gasteiger partial charge on any atom is 0.326 e. The molecule has 0 amide bonds. The second-order valence-electron chi connectivity index (χ2n) is 15.7. The van der Waals surface area contributed by atoms with Crippen LogP contribution in [0, 0.1) is 55.7 Å². The number of Topliss-reactive ketones (excluding diaryl/α,β-unsaturated/α-hetero) is 1. The van der Waals surface area contributed by atoms with Gasteiger partial charge >= 0.3 is 7.60 Å². The van der Waals surface area contributed by atoms with Gasteiger partial charge in [0.15, 0.2) is 5.78 Å². The summed E-state index contributed by atoms with van der Waals surface area (Å²) in [5.74, 6) is 0.173. The number of nitrogens with zero attached hydrogens (tertiary/aromatic N) is 2. The highest BCUT2D eigenvalue weighted by molar-refractivity contribution is 7.51. The Morgan fingerprint density at radius 2 is 1.68 bits per heavy atom. The molecule has 7 atom stereocenters. The SMILES string of the molecule is CC1(C)CC[C@]2(CP(=O)(O)O)CC[C@@]3(C)[C@]4(C)CC[C@H]5C(C)(C)C(=O)C(C#N)=C[C@]5(C)C4=CC4=N[C@]43[C@@H]2C1. The van der Waals surface area contributed by atoms with Crippen LogP contribution in [0.5, 0.6) is 0 Å². The molecular formula is C31H43N2O4P. The Hall–Kier alpha value is -1.54. The van der Waals surface area contributed by atoms with Gasteiger partial charge in [-0.15, -0.1) is 0 Å². The first-order valence-electron chi connectivity index (χ1n) is 14.4. The molecule has 6 aliphatic rings. The van der Waals surface area contributed by atoms with E-state index in [1.807, 2.05) is 19.9 Å². The van der Waals surface area contributed by atoms with Crippen molar-refractivity contribution in [3.8, 4) is 6.07 Å². The number of rotatable bonds is 2. The molecule has 0 aromatic heterocycles.